The number of hydrogen-bond donors (Lipinski definition) is 1. The van der Waals surface area contributed by atoms with Gasteiger partial charge in [-0.05, 0) is 83.3 Å². The number of carbonyl (C=O) groups is 1. The number of carbonyl (C=O) groups excluding carboxylic acids is 1. The van der Waals surface area contributed by atoms with E-state index in [9.17, 15) is 4.79 Å². The van der Waals surface area contributed by atoms with Crippen LogP contribution in [-0.4, -0.2) is 5.91 Å². The number of rotatable bonds is 3. The van der Waals surface area contributed by atoms with E-state index in [1.165, 1.54) is 37.7 Å². The zero-order valence-electron chi connectivity index (χ0n) is 12.5. The van der Waals surface area contributed by atoms with Gasteiger partial charge in [0.1, 0.15) is 0 Å². The Hall–Kier alpha value is -1.36. The molecule has 1 fully saturated rings. The van der Waals surface area contributed by atoms with Crippen molar-refractivity contribution in [2.45, 2.75) is 38.0 Å². The highest BCUT2D eigenvalue weighted by Gasteiger charge is 2.15. The second-order valence-electron chi connectivity index (χ2n) is 5.92. The first-order valence-electron chi connectivity index (χ1n) is 7.89. The van der Waals surface area contributed by atoms with Gasteiger partial charge in [0.05, 0.1) is 0 Å². The maximum atomic E-state index is 12.3. The van der Waals surface area contributed by atoms with Crippen LogP contribution < -0.4 is 5.32 Å². The van der Waals surface area contributed by atoms with Crippen molar-refractivity contribution in [2.24, 2.45) is 0 Å². The molecule has 22 heavy (non-hydrogen) atoms. The summed E-state index contributed by atoms with van der Waals surface area (Å²) in [6.07, 6.45) is 6.61. The molecule has 0 aromatic heterocycles. The van der Waals surface area contributed by atoms with Crippen molar-refractivity contribution in [3.05, 3.63) is 63.2 Å². The monoisotopic (exact) mass is 405 g/mol. The minimum atomic E-state index is -0.0450. The molecule has 1 saturated carbocycles. The number of benzene rings is 2. The van der Waals surface area contributed by atoms with E-state index < -0.39 is 0 Å². The Morgan fingerprint density at radius 3 is 2.18 bits per heavy atom. The SMILES string of the molecule is O=C(Nc1ccc(I)cc1)c1ccc(C2CCCCC2)cc1. The Morgan fingerprint density at radius 2 is 1.55 bits per heavy atom. The minimum Gasteiger partial charge on any atom is -0.322 e. The summed E-state index contributed by atoms with van der Waals surface area (Å²) in [5.41, 5.74) is 2.94. The van der Waals surface area contributed by atoms with Crippen LogP contribution in [0.4, 0.5) is 5.69 Å². The van der Waals surface area contributed by atoms with Crippen LogP contribution in [0.1, 0.15) is 53.9 Å². The van der Waals surface area contributed by atoms with Crippen LogP contribution >= 0.6 is 22.6 Å². The van der Waals surface area contributed by atoms with Crippen LogP contribution in [0.5, 0.6) is 0 Å². The van der Waals surface area contributed by atoms with Crippen molar-refractivity contribution in [1.82, 2.24) is 0 Å². The topological polar surface area (TPSA) is 29.1 Å². The third kappa shape index (κ3) is 3.88. The second kappa shape index (κ2) is 7.27. The highest BCUT2D eigenvalue weighted by molar-refractivity contribution is 14.1. The van der Waals surface area contributed by atoms with Crippen molar-refractivity contribution in [1.29, 1.82) is 0 Å². The average Bonchev–Trinajstić information content (AvgIpc) is 2.58. The van der Waals surface area contributed by atoms with Crippen LogP contribution in [0.15, 0.2) is 48.5 Å². The summed E-state index contributed by atoms with van der Waals surface area (Å²) in [7, 11) is 0. The third-order valence-corrected chi connectivity index (χ3v) is 5.07. The first-order valence-corrected chi connectivity index (χ1v) is 8.97. The lowest BCUT2D eigenvalue weighted by Crippen LogP contribution is -2.12. The molecule has 0 saturated heterocycles. The molecule has 0 atom stereocenters. The van der Waals surface area contributed by atoms with Crippen molar-refractivity contribution >= 4 is 34.2 Å². The van der Waals surface area contributed by atoms with Crippen LogP contribution in [0.2, 0.25) is 0 Å². The smallest absolute Gasteiger partial charge is 0.255 e. The Kier molecular flexibility index (Phi) is 5.13. The van der Waals surface area contributed by atoms with E-state index in [4.69, 9.17) is 0 Å². The lowest BCUT2D eigenvalue weighted by atomic mass is 9.84. The molecular weight excluding hydrogens is 385 g/mol. The van der Waals surface area contributed by atoms with E-state index in [1.54, 1.807) is 0 Å². The minimum absolute atomic E-state index is 0.0450. The number of nitrogens with one attached hydrogen (secondary N) is 1. The molecule has 2 aromatic rings. The van der Waals surface area contributed by atoms with Crippen LogP contribution in [0.3, 0.4) is 0 Å². The number of amides is 1. The van der Waals surface area contributed by atoms with Gasteiger partial charge < -0.3 is 5.32 Å². The molecule has 1 aliphatic carbocycles. The predicted molar refractivity (Wildman–Crippen MR) is 99.4 cm³/mol. The average molecular weight is 405 g/mol. The van der Waals surface area contributed by atoms with Gasteiger partial charge >= 0.3 is 0 Å². The predicted octanol–water partition coefficient (Wildman–Crippen LogP) is 5.59. The molecule has 3 heteroatoms. The molecule has 0 spiro atoms. The summed E-state index contributed by atoms with van der Waals surface area (Å²) in [4.78, 5) is 12.3. The van der Waals surface area contributed by atoms with Gasteiger partial charge in [-0.3, -0.25) is 4.79 Å². The zero-order chi connectivity index (χ0) is 15.4. The summed E-state index contributed by atoms with van der Waals surface area (Å²) in [5.74, 6) is 0.637. The molecule has 3 rings (SSSR count). The normalized spacial score (nSPS) is 15.5. The fourth-order valence-corrected chi connectivity index (χ4v) is 3.44. The quantitative estimate of drug-likeness (QED) is 0.663. The first-order chi connectivity index (χ1) is 10.7. The van der Waals surface area contributed by atoms with Crippen molar-refractivity contribution in [3.63, 3.8) is 0 Å². The Bertz CT molecular complexity index is 627. The molecule has 0 radical (unpaired) electrons. The fraction of sp³-hybridized carbons (Fsp3) is 0.316. The molecule has 2 aromatic carbocycles. The molecule has 0 bridgehead atoms. The summed E-state index contributed by atoms with van der Waals surface area (Å²) in [6.45, 7) is 0. The number of anilines is 1. The van der Waals surface area contributed by atoms with Gasteiger partial charge in [0, 0.05) is 14.8 Å². The molecule has 1 N–H and O–H groups in total. The van der Waals surface area contributed by atoms with Crippen LogP contribution in [0, 0.1) is 3.57 Å². The summed E-state index contributed by atoms with van der Waals surface area (Å²) in [5, 5.41) is 2.94. The highest BCUT2D eigenvalue weighted by Crippen LogP contribution is 2.32. The van der Waals surface area contributed by atoms with Gasteiger partial charge in [-0.15, -0.1) is 0 Å². The van der Waals surface area contributed by atoms with E-state index in [1.807, 2.05) is 36.4 Å². The van der Waals surface area contributed by atoms with Gasteiger partial charge in [-0.25, -0.2) is 0 Å². The third-order valence-electron chi connectivity index (χ3n) is 4.35. The van der Waals surface area contributed by atoms with E-state index in [0.717, 1.165) is 14.8 Å². The van der Waals surface area contributed by atoms with Gasteiger partial charge in [0.2, 0.25) is 0 Å². The van der Waals surface area contributed by atoms with E-state index >= 15 is 0 Å². The Balaban J connectivity index is 1.66. The van der Waals surface area contributed by atoms with Gasteiger partial charge in [-0.2, -0.15) is 0 Å². The number of halogens is 1. The Morgan fingerprint density at radius 1 is 0.909 bits per heavy atom. The van der Waals surface area contributed by atoms with E-state index in [2.05, 4.69) is 40.0 Å². The fourth-order valence-electron chi connectivity index (χ4n) is 3.08. The molecule has 0 heterocycles. The van der Waals surface area contributed by atoms with Gasteiger partial charge in [0.25, 0.3) is 5.91 Å². The van der Waals surface area contributed by atoms with Crippen molar-refractivity contribution < 1.29 is 4.79 Å². The second-order valence-corrected chi connectivity index (χ2v) is 7.16. The first kappa shape index (κ1) is 15.5. The lowest BCUT2D eigenvalue weighted by Gasteiger charge is -2.22. The largest absolute Gasteiger partial charge is 0.322 e. The summed E-state index contributed by atoms with van der Waals surface area (Å²) < 4.78 is 1.16. The zero-order valence-corrected chi connectivity index (χ0v) is 14.7. The van der Waals surface area contributed by atoms with Gasteiger partial charge in [0.15, 0.2) is 0 Å². The van der Waals surface area contributed by atoms with Crippen LogP contribution in [-0.2, 0) is 0 Å². The van der Waals surface area contributed by atoms with E-state index in [-0.39, 0.29) is 5.91 Å². The molecule has 114 valence electrons. The molecule has 0 unspecified atom stereocenters. The maximum Gasteiger partial charge on any atom is 0.255 e. The standard InChI is InChI=1S/C19H20INO/c20-17-10-12-18(13-11-17)21-19(22)16-8-6-15(7-9-16)14-4-2-1-3-5-14/h6-14H,1-5H2,(H,21,22). The molecule has 0 aliphatic heterocycles. The summed E-state index contributed by atoms with van der Waals surface area (Å²) >= 11 is 2.25. The van der Waals surface area contributed by atoms with Crippen LogP contribution in [0.25, 0.3) is 0 Å². The molecule has 1 amide bonds. The van der Waals surface area contributed by atoms with Gasteiger partial charge in [-0.1, -0.05) is 31.4 Å². The molecular formula is C19H20INO. The maximum absolute atomic E-state index is 12.3. The van der Waals surface area contributed by atoms with E-state index in [0.29, 0.717) is 5.92 Å². The lowest BCUT2D eigenvalue weighted by molar-refractivity contribution is 0.102. The highest BCUT2D eigenvalue weighted by atomic mass is 127. The molecule has 2 nitrogen and oxygen atoms in total. The van der Waals surface area contributed by atoms with Crippen molar-refractivity contribution in [3.8, 4) is 0 Å². The molecule has 1 aliphatic rings. The number of hydrogen-bond acceptors (Lipinski definition) is 1. The summed E-state index contributed by atoms with van der Waals surface area (Å²) in [6, 6.07) is 16.0. The van der Waals surface area contributed by atoms with Crippen molar-refractivity contribution in [2.75, 3.05) is 5.32 Å². The Labute approximate surface area is 145 Å².